The minimum absolute atomic E-state index is 0.235. The van der Waals surface area contributed by atoms with Gasteiger partial charge in [-0.3, -0.25) is 9.97 Å². The highest BCUT2D eigenvalue weighted by Crippen LogP contribution is 2.33. The van der Waals surface area contributed by atoms with Crippen molar-refractivity contribution >= 4 is 11.0 Å². The number of nitrogens with zero attached hydrogens (tertiary/aromatic N) is 2. The summed E-state index contributed by atoms with van der Waals surface area (Å²) in [5, 5.41) is 0. The van der Waals surface area contributed by atoms with E-state index in [0.29, 0.717) is 0 Å². The normalized spacial score (nSPS) is 10.8. The molecule has 4 rings (SSSR count). The molecule has 0 N–H and O–H groups in total. The molecule has 2 nitrogen and oxygen atoms in total. The lowest BCUT2D eigenvalue weighted by molar-refractivity contribution is 0.628. The van der Waals surface area contributed by atoms with Gasteiger partial charge in [-0.05, 0) is 46.5 Å². The first-order chi connectivity index (χ1) is 11.3. The molecular formula is C20H13FN2. The summed E-state index contributed by atoms with van der Waals surface area (Å²) in [6.45, 7) is 0. The van der Waals surface area contributed by atoms with E-state index >= 15 is 0 Å². The summed E-state index contributed by atoms with van der Waals surface area (Å²) in [6.07, 6.45) is 3.37. The maximum Gasteiger partial charge on any atom is 0.123 e. The molecule has 3 heteroatoms. The first kappa shape index (κ1) is 13.6. The smallest absolute Gasteiger partial charge is 0.123 e. The van der Waals surface area contributed by atoms with Gasteiger partial charge in [0.25, 0.3) is 0 Å². The fraction of sp³-hybridized carbons (Fsp3) is 0. The van der Waals surface area contributed by atoms with E-state index < -0.39 is 0 Å². The predicted molar refractivity (Wildman–Crippen MR) is 90.4 cm³/mol. The molecule has 110 valence electrons. The van der Waals surface area contributed by atoms with Crippen LogP contribution in [0, 0.1) is 5.82 Å². The number of hydrogen-bond acceptors (Lipinski definition) is 2. The highest BCUT2D eigenvalue weighted by atomic mass is 19.1. The number of halogens is 1. The Morgan fingerprint density at radius 3 is 2.04 bits per heavy atom. The topological polar surface area (TPSA) is 25.8 Å². The Labute approximate surface area is 133 Å². The van der Waals surface area contributed by atoms with Crippen molar-refractivity contribution in [2.75, 3.05) is 0 Å². The summed E-state index contributed by atoms with van der Waals surface area (Å²) in [7, 11) is 0. The van der Waals surface area contributed by atoms with E-state index in [1.165, 1.54) is 6.07 Å². The summed E-state index contributed by atoms with van der Waals surface area (Å²) < 4.78 is 13.6. The molecule has 0 aliphatic rings. The Hall–Kier alpha value is -3.07. The molecule has 0 aliphatic heterocycles. The SMILES string of the molecule is Fc1cccc(-c2ccccc2-c2ccc3nccnc3c2)c1. The average molecular weight is 300 g/mol. The van der Waals surface area contributed by atoms with Gasteiger partial charge in [0.05, 0.1) is 11.0 Å². The lowest BCUT2D eigenvalue weighted by Gasteiger charge is -2.10. The van der Waals surface area contributed by atoms with Crippen LogP contribution in [0.25, 0.3) is 33.3 Å². The monoisotopic (exact) mass is 300 g/mol. The number of benzene rings is 3. The van der Waals surface area contributed by atoms with Gasteiger partial charge in [0.1, 0.15) is 5.82 Å². The van der Waals surface area contributed by atoms with Gasteiger partial charge in [-0.15, -0.1) is 0 Å². The molecule has 0 aliphatic carbocycles. The second-order valence-electron chi connectivity index (χ2n) is 5.32. The van der Waals surface area contributed by atoms with E-state index in [-0.39, 0.29) is 5.82 Å². The molecule has 0 bridgehead atoms. The highest BCUT2D eigenvalue weighted by Gasteiger charge is 2.08. The average Bonchev–Trinajstić information content (AvgIpc) is 2.61. The van der Waals surface area contributed by atoms with Gasteiger partial charge in [0, 0.05) is 12.4 Å². The maximum atomic E-state index is 13.6. The Balaban J connectivity index is 1.91. The van der Waals surface area contributed by atoms with Crippen molar-refractivity contribution in [2.45, 2.75) is 0 Å². The summed E-state index contributed by atoms with van der Waals surface area (Å²) >= 11 is 0. The lowest BCUT2D eigenvalue weighted by Crippen LogP contribution is -1.88. The quantitative estimate of drug-likeness (QED) is 0.514. The second kappa shape index (κ2) is 5.61. The highest BCUT2D eigenvalue weighted by molar-refractivity contribution is 5.88. The Kier molecular flexibility index (Phi) is 3.31. The molecule has 0 saturated heterocycles. The third-order valence-corrected chi connectivity index (χ3v) is 3.84. The molecule has 4 aromatic rings. The molecular weight excluding hydrogens is 287 g/mol. The molecule has 0 atom stereocenters. The van der Waals surface area contributed by atoms with E-state index in [4.69, 9.17) is 0 Å². The summed E-state index contributed by atoms with van der Waals surface area (Å²) in [6, 6.07) is 20.6. The maximum absolute atomic E-state index is 13.6. The van der Waals surface area contributed by atoms with Crippen molar-refractivity contribution in [1.29, 1.82) is 0 Å². The number of fused-ring (bicyclic) bond motifs is 1. The summed E-state index contributed by atoms with van der Waals surface area (Å²) in [4.78, 5) is 8.66. The van der Waals surface area contributed by atoms with Gasteiger partial charge >= 0.3 is 0 Å². The van der Waals surface area contributed by atoms with Crippen LogP contribution in [-0.4, -0.2) is 9.97 Å². The van der Waals surface area contributed by atoms with Crippen molar-refractivity contribution in [1.82, 2.24) is 9.97 Å². The van der Waals surface area contributed by atoms with Gasteiger partial charge in [-0.2, -0.15) is 0 Å². The zero-order chi connectivity index (χ0) is 15.6. The van der Waals surface area contributed by atoms with Gasteiger partial charge in [-0.1, -0.05) is 42.5 Å². The van der Waals surface area contributed by atoms with Crippen LogP contribution in [0.2, 0.25) is 0 Å². The van der Waals surface area contributed by atoms with Gasteiger partial charge in [-0.25, -0.2) is 4.39 Å². The molecule has 0 fully saturated rings. The molecule has 1 heterocycles. The van der Waals surface area contributed by atoms with Gasteiger partial charge in [0.2, 0.25) is 0 Å². The molecule has 0 amide bonds. The van der Waals surface area contributed by atoms with Crippen molar-refractivity contribution in [2.24, 2.45) is 0 Å². The van der Waals surface area contributed by atoms with Crippen LogP contribution in [0.3, 0.4) is 0 Å². The van der Waals surface area contributed by atoms with Crippen LogP contribution in [0.15, 0.2) is 79.1 Å². The van der Waals surface area contributed by atoms with Crippen molar-refractivity contribution in [3.05, 3.63) is 84.9 Å². The molecule has 0 spiro atoms. The van der Waals surface area contributed by atoms with Crippen LogP contribution >= 0.6 is 0 Å². The zero-order valence-corrected chi connectivity index (χ0v) is 12.3. The summed E-state index contributed by atoms with van der Waals surface area (Å²) in [5.74, 6) is -0.235. The number of hydrogen-bond donors (Lipinski definition) is 0. The van der Waals surface area contributed by atoms with Crippen LogP contribution in [0.1, 0.15) is 0 Å². The van der Waals surface area contributed by atoms with E-state index in [2.05, 4.69) is 9.97 Å². The minimum atomic E-state index is -0.235. The van der Waals surface area contributed by atoms with Crippen LogP contribution in [0.5, 0.6) is 0 Å². The fourth-order valence-corrected chi connectivity index (χ4v) is 2.77. The fourth-order valence-electron chi connectivity index (χ4n) is 2.77. The minimum Gasteiger partial charge on any atom is -0.253 e. The molecule has 3 aromatic carbocycles. The summed E-state index contributed by atoms with van der Waals surface area (Å²) in [5.41, 5.74) is 5.65. The van der Waals surface area contributed by atoms with Crippen molar-refractivity contribution in [3.63, 3.8) is 0 Å². The van der Waals surface area contributed by atoms with E-state index in [1.807, 2.05) is 48.5 Å². The molecule has 0 unspecified atom stereocenters. The Morgan fingerprint density at radius 1 is 0.609 bits per heavy atom. The van der Waals surface area contributed by atoms with E-state index in [0.717, 1.165) is 33.3 Å². The molecule has 23 heavy (non-hydrogen) atoms. The zero-order valence-electron chi connectivity index (χ0n) is 12.3. The number of rotatable bonds is 2. The van der Waals surface area contributed by atoms with Crippen molar-refractivity contribution < 1.29 is 4.39 Å². The van der Waals surface area contributed by atoms with Crippen molar-refractivity contribution in [3.8, 4) is 22.3 Å². The molecule has 0 radical (unpaired) electrons. The first-order valence-electron chi connectivity index (χ1n) is 7.37. The molecule has 0 saturated carbocycles. The first-order valence-corrected chi connectivity index (χ1v) is 7.37. The molecule has 1 aromatic heterocycles. The van der Waals surface area contributed by atoms with Crippen LogP contribution in [0.4, 0.5) is 4.39 Å². The Bertz CT molecular complexity index is 995. The van der Waals surface area contributed by atoms with E-state index in [1.54, 1.807) is 24.5 Å². The largest absolute Gasteiger partial charge is 0.253 e. The second-order valence-corrected chi connectivity index (χ2v) is 5.32. The standard InChI is InChI=1S/C20H13FN2/c21-16-5-3-4-14(12-16)17-6-1-2-7-18(17)15-8-9-19-20(13-15)23-11-10-22-19/h1-13H. The van der Waals surface area contributed by atoms with Crippen LogP contribution in [-0.2, 0) is 0 Å². The third-order valence-electron chi connectivity index (χ3n) is 3.84. The third kappa shape index (κ3) is 2.57. The van der Waals surface area contributed by atoms with Gasteiger partial charge in [0.15, 0.2) is 0 Å². The van der Waals surface area contributed by atoms with E-state index in [9.17, 15) is 4.39 Å². The number of aromatic nitrogens is 2. The van der Waals surface area contributed by atoms with Crippen LogP contribution < -0.4 is 0 Å². The van der Waals surface area contributed by atoms with Gasteiger partial charge < -0.3 is 0 Å². The predicted octanol–water partition coefficient (Wildman–Crippen LogP) is 5.10. The Morgan fingerprint density at radius 2 is 1.30 bits per heavy atom. The lowest BCUT2D eigenvalue weighted by atomic mass is 9.94.